The molecule has 0 bridgehead atoms. The van der Waals surface area contributed by atoms with Crippen LogP contribution in [0.15, 0.2) is 47.8 Å². The van der Waals surface area contributed by atoms with Gasteiger partial charge in [0.2, 0.25) is 0 Å². The van der Waals surface area contributed by atoms with Gasteiger partial charge >= 0.3 is 0 Å². The normalized spacial score (nSPS) is 10.3. The number of aromatic nitrogens is 3. The SMILES string of the molecule is N#Cc1nnn(CCCOc2ccccc2)c1-c1cccs1. The second kappa shape index (κ2) is 6.87. The van der Waals surface area contributed by atoms with Gasteiger partial charge in [0, 0.05) is 13.0 Å². The predicted molar refractivity (Wildman–Crippen MR) is 84.6 cm³/mol. The van der Waals surface area contributed by atoms with Crippen LogP contribution in [0.5, 0.6) is 5.75 Å². The van der Waals surface area contributed by atoms with Gasteiger partial charge in [-0.3, -0.25) is 0 Å². The third-order valence-corrected chi connectivity index (χ3v) is 4.00. The summed E-state index contributed by atoms with van der Waals surface area (Å²) in [7, 11) is 0. The van der Waals surface area contributed by atoms with E-state index in [9.17, 15) is 0 Å². The Balaban J connectivity index is 1.64. The Morgan fingerprint density at radius 1 is 1.18 bits per heavy atom. The van der Waals surface area contributed by atoms with E-state index in [-0.39, 0.29) is 0 Å². The molecule has 0 unspecified atom stereocenters. The van der Waals surface area contributed by atoms with Crippen LogP contribution >= 0.6 is 11.3 Å². The van der Waals surface area contributed by atoms with Crippen LogP contribution in [-0.4, -0.2) is 21.6 Å². The highest BCUT2D eigenvalue weighted by molar-refractivity contribution is 7.13. The number of hydrogen-bond acceptors (Lipinski definition) is 5. The molecule has 110 valence electrons. The van der Waals surface area contributed by atoms with Gasteiger partial charge in [-0.2, -0.15) is 5.26 Å². The fourth-order valence-electron chi connectivity index (χ4n) is 2.12. The van der Waals surface area contributed by atoms with Crippen molar-refractivity contribution in [1.29, 1.82) is 5.26 Å². The van der Waals surface area contributed by atoms with Gasteiger partial charge in [-0.25, -0.2) is 4.68 Å². The maximum Gasteiger partial charge on any atom is 0.191 e. The first kappa shape index (κ1) is 14.3. The highest BCUT2D eigenvalue weighted by Crippen LogP contribution is 2.26. The van der Waals surface area contributed by atoms with Gasteiger partial charge in [0.05, 0.1) is 11.5 Å². The molecule has 3 aromatic rings. The highest BCUT2D eigenvalue weighted by Gasteiger charge is 2.15. The Kier molecular flexibility index (Phi) is 4.47. The van der Waals surface area contributed by atoms with Crippen molar-refractivity contribution < 1.29 is 4.74 Å². The van der Waals surface area contributed by atoms with E-state index >= 15 is 0 Å². The molecular weight excluding hydrogens is 296 g/mol. The van der Waals surface area contributed by atoms with E-state index in [1.807, 2.05) is 47.8 Å². The summed E-state index contributed by atoms with van der Waals surface area (Å²) in [6, 6.07) is 15.7. The Labute approximate surface area is 132 Å². The number of rotatable bonds is 6. The Morgan fingerprint density at radius 3 is 2.77 bits per heavy atom. The van der Waals surface area contributed by atoms with Gasteiger partial charge in [0.15, 0.2) is 5.69 Å². The summed E-state index contributed by atoms with van der Waals surface area (Å²) in [5.74, 6) is 0.859. The van der Waals surface area contributed by atoms with Gasteiger partial charge in [-0.1, -0.05) is 29.5 Å². The second-order valence-corrected chi connectivity index (χ2v) is 5.56. The van der Waals surface area contributed by atoms with Gasteiger partial charge in [0.1, 0.15) is 17.5 Å². The lowest BCUT2D eigenvalue weighted by Crippen LogP contribution is -2.07. The van der Waals surface area contributed by atoms with Gasteiger partial charge in [-0.05, 0) is 23.6 Å². The van der Waals surface area contributed by atoms with E-state index in [0.717, 1.165) is 22.7 Å². The zero-order valence-corrected chi connectivity index (χ0v) is 12.7. The fraction of sp³-hybridized carbons (Fsp3) is 0.188. The lowest BCUT2D eigenvalue weighted by molar-refractivity contribution is 0.298. The van der Waals surface area contributed by atoms with E-state index in [4.69, 9.17) is 10.00 Å². The number of benzene rings is 1. The van der Waals surface area contributed by atoms with Crippen LogP contribution in [-0.2, 0) is 6.54 Å². The van der Waals surface area contributed by atoms with Crippen LogP contribution in [0, 0.1) is 11.3 Å². The van der Waals surface area contributed by atoms with E-state index in [0.29, 0.717) is 18.8 Å². The summed E-state index contributed by atoms with van der Waals surface area (Å²) in [5, 5.41) is 19.2. The number of ether oxygens (including phenoxy) is 1. The number of nitrogens with zero attached hydrogens (tertiary/aromatic N) is 4. The maximum atomic E-state index is 9.16. The van der Waals surface area contributed by atoms with Crippen molar-refractivity contribution >= 4 is 11.3 Å². The summed E-state index contributed by atoms with van der Waals surface area (Å²) >= 11 is 1.58. The average Bonchev–Trinajstić information content (AvgIpc) is 3.21. The number of aryl methyl sites for hydroxylation is 1. The first-order valence-corrected chi connectivity index (χ1v) is 7.82. The van der Waals surface area contributed by atoms with Crippen LogP contribution in [0.1, 0.15) is 12.1 Å². The molecule has 0 amide bonds. The quantitative estimate of drug-likeness (QED) is 0.655. The van der Waals surface area contributed by atoms with Gasteiger partial charge < -0.3 is 4.74 Å². The summed E-state index contributed by atoms with van der Waals surface area (Å²) in [5.41, 5.74) is 1.16. The Bertz CT molecular complexity index is 759. The topological polar surface area (TPSA) is 63.7 Å². The molecule has 0 aliphatic rings. The summed E-state index contributed by atoms with van der Waals surface area (Å²) < 4.78 is 7.44. The summed E-state index contributed by atoms with van der Waals surface area (Å²) in [4.78, 5) is 1.01. The Morgan fingerprint density at radius 2 is 2.05 bits per heavy atom. The van der Waals surface area contributed by atoms with E-state index in [1.165, 1.54) is 0 Å². The minimum absolute atomic E-state index is 0.367. The lowest BCUT2D eigenvalue weighted by Gasteiger charge is -2.07. The van der Waals surface area contributed by atoms with Crippen molar-refractivity contribution in [3.8, 4) is 22.4 Å². The number of nitriles is 1. The van der Waals surface area contributed by atoms with E-state index < -0.39 is 0 Å². The molecule has 0 saturated carbocycles. The monoisotopic (exact) mass is 310 g/mol. The van der Waals surface area contributed by atoms with E-state index in [1.54, 1.807) is 16.0 Å². The van der Waals surface area contributed by atoms with Crippen LogP contribution in [0.3, 0.4) is 0 Å². The molecule has 0 saturated heterocycles. The molecule has 0 spiro atoms. The molecule has 0 aliphatic heterocycles. The third kappa shape index (κ3) is 3.15. The molecule has 6 heteroatoms. The van der Waals surface area contributed by atoms with Gasteiger partial charge in [0.25, 0.3) is 0 Å². The smallest absolute Gasteiger partial charge is 0.191 e. The molecule has 0 N–H and O–H groups in total. The molecule has 0 atom stereocenters. The minimum Gasteiger partial charge on any atom is -0.494 e. The first-order valence-electron chi connectivity index (χ1n) is 6.94. The van der Waals surface area contributed by atoms with Crippen molar-refractivity contribution in [3.05, 3.63) is 53.5 Å². The van der Waals surface area contributed by atoms with Crippen molar-refractivity contribution in [2.24, 2.45) is 0 Å². The van der Waals surface area contributed by atoms with Crippen molar-refractivity contribution in [3.63, 3.8) is 0 Å². The average molecular weight is 310 g/mol. The second-order valence-electron chi connectivity index (χ2n) is 4.61. The Hall–Kier alpha value is -2.65. The molecule has 0 radical (unpaired) electrons. The van der Waals surface area contributed by atoms with Crippen LogP contribution in [0.2, 0.25) is 0 Å². The summed E-state index contributed by atoms with van der Waals surface area (Å²) in [6.07, 6.45) is 0.793. The number of hydrogen-bond donors (Lipinski definition) is 0. The van der Waals surface area contributed by atoms with Crippen molar-refractivity contribution in [2.45, 2.75) is 13.0 Å². The van der Waals surface area contributed by atoms with Gasteiger partial charge in [-0.15, -0.1) is 16.4 Å². The molecule has 0 aliphatic carbocycles. The highest BCUT2D eigenvalue weighted by atomic mass is 32.1. The first-order chi connectivity index (χ1) is 10.9. The van der Waals surface area contributed by atoms with Crippen molar-refractivity contribution in [1.82, 2.24) is 15.0 Å². The molecule has 0 fully saturated rings. The predicted octanol–water partition coefficient (Wildman–Crippen LogP) is 3.35. The zero-order valence-electron chi connectivity index (χ0n) is 11.8. The molecule has 2 heterocycles. The fourth-order valence-corrected chi connectivity index (χ4v) is 2.90. The molecule has 2 aromatic heterocycles. The van der Waals surface area contributed by atoms with Crippen LogP contribution in [0.25, 0.3) is 10.6 Å². The largest absolute Gasteiger partial charge is 0.494 e. The number of thiophene rings is 1. The standard InChI is InChI=1S/C16H14N4OS/c17-12-14-16(15-8-4-11-22-15)20(19-18-14)9-5-10-21-13-6-2-1-3-7-13/h1-4,6-8,11H,5,9-10H2. The van der Waals surface area contributed by atoms with Crippen LogP contribution < -0.4 is 4.74 Å². The molecule has 22 heavy (non-hydrogen) atoms. The zero-order chi connectivity index (χ0) is 15.2. The molecule has 1 aromatic carbocycles. The third-order valence-electron chi connectivity index (χ3n) is 3.12. The van der Waals surface area contributed by atoms with E-state index in [2.05, 4.69) is 16.4 Å². The maximum absolute atomic E-state index is 9.16. The lowest BCUT2D eigenvalue weighted by atomic mass is 10.3. The molecular formula is C16H14N4OS. The van der Waals surface area contributed by atoms with Crippen molar-refractivity contribution in [2.75, 3.05) is 6.61 Å². The minimum atomic E-state index is 0.367. The van der Waals surface area contributed by atoms with Crippen LogP contribution in [0.4, 0.5) is 0 Å². The molecule has 3 rings (SSSR count). The number of para-hydroxylation sites is 1. The molecule has 5 nitrogen and oxygen atoms in total. The summed E-state index contributed by atoms with van der Waals surface area (Å²) in [6.45, 7) is 1.25.